The van der Waals surface area contributed by atoms with Gasteiger partial charge < -0.3 is 15.2 Å². The van der Waals surface area contributed by atoms with Crippen LogP contribution in [-0.4, -0.2) is 14.2 Å². The fourth-order valence-corrected chi connectivity index (χ4v) is 3.59. The Labute approximate surface area is 123 Å². The van der Waals surface area contributed by atoms with E-state index in [9.17, 15) is 0 Å². The molecule has 1 fully saturated rings. The highest BCUT2D eigenvalue weighted by molar-refractivity contribution is 9.10. The summed E-state index contributed by atoms with van der Waals surface area (Å²) in [6, 6.07) is 4.01. The molecule has 1 aliphatic carbocycles. The van der Waals surface area contributed by atoms with E-state index in [4.69, 9.17) is 15.2 Å². The Morgan fingerprint density at radius 1 is 1.05 bits per heavy atom. The molecular weight excluding hydrogens is 306 g/mol. The van der Waals surface area contributed by atoms with Crippen LogP contribution in [0.15, 0.2) is 16.6 Å². The highest BCUT2D eigenvalue weighted by atomic mass is 79.9. The lowest BCUT2D eigenvalue weighted by atomic mass is 9.83. The lowest BCUT2D eigenvalue weighted by molar-refractivity contribution is 0.342. The number of methoxy groups -OCH3 is 2. The maximum Gasteiger partial charge on any atom is 0.141 e. The third-order valence-electron chi connectivity index (χ3n) is 4.02. The van der Waals surface area contributed by atoms with Gasteiger partial charge in [0.25, 0.3) is 0 Å². The van der Waals surface area contributed by atoms with Crippen molar-refractivity contribution < 1.29 is 9.47 Å². The van der Waals surface area contributed by atoms with E-state index in [1.165, 1.54) is 25.7 Å². The number of halogens is 1. The van der Waals surface area contributed by atoms with E-state index in [-0.39, 0.29) is 5.54 Å². The standard InChI is InChI=1S/C15H22BrNO2/c1-18-12-8-7-11(14(19-2)13(12)16)15(17)9-5-3-4-6-10-15/h7-8H,3-6,9-10,17H2,1-2H3. The molecule has 1 saturated carbocycles. The number of hydrogen-bond donors (Lipinski definition) is 1. The lowest BCUT2D eigenvalue weighted by Gasteiger charge is -2.31. The molecule has 0 saturated heterocycles. The van der Waals surface area contributed by atoms with E-state index in [2.05, 4.69) is 15.9 Å². The van der Waals surface area contributed by atoms with Crippen LogP contribution in [0.2, 0.25) is 0 Å². The van der Waals surface area contributed by atoms with E-state index in [1.54, 1.807) is 14.2 Å². The first-order valence-electron chi connectivity index (χ1n) is 6.82. The zero-order valence-corrected chi connectivity index (χ0v) is 13.3. The highest BCUT2D eigenvalue weighted by Crippen LogP contribution is 2.44. The second kappa shape index (κ2) is 6.14. The molecule has 4 heteroatoms. The van der Waals surface area contributed by atoms with Crippen LogP contribution in [0.1, 0.15) is 44.1 Å². The van der Waals surface area contributed by atoms with Gasteiger partial charge in [0.15, 0.2) is 0 Å². The Morgan fingerprint density at radius 2 is 1.68 bits per heavy atom. The summed E-state index contributed by atoms with van der Waals surface area (Å²) in [7, 11) is 3.34. The summed E-state index contributed by atoms with van der Waals surface area (Å²) in [4.78, 5) is 0. The van der Waals surface area contributed by atoms with Crippen molar-refractivity contribution in [2.75, 3.05) is 14.2 Å². The molecule has 0 atom stereocenters. The number of rotatable bonds is 3. The van der Waals surface area contributed by atoms with Crippen LogP contribution in [-0.2, 0) is 5.54 Å². The second-order valence-electron chi connectivity index (χ2n) is 5.23. The quantitative estimate of drug-likeness (QED) is 0.854. The molecule has 2 rings (SSSR count). The zero-order chi connectivity index (χ0) is 13.9. The van der Waals surface area contributed by atoms with E-state index in [1.807, 2.05) is 12.1 Å². The smallest absolute Gasteiger partial charge is 0.141 e. The predicted molar refractivity (Wildman–Crippen MR) is 80.8 cm³/mol. The molecule has 1 aromatic carbocycles. The van der Waals surface area contributed by atoms with Crippen molar-refractivity contribution in [3.63, 3.8) is 0 Å². The number of nitrogens with two attached hydrogens (primary N) is 1. The molecule has 2 N–H and O–H groups in total. The van der Waals surface area contributed by atoms with Gasteiger partial charge in [0.05, 0.1) is 14.2 Å². The Balaban J connectivity index is 2.45. The summed E-state index contributed by atoms with van der Waals surface area (Å²) in [6.45, 7) is 0. The maximum absolute atomic E-state index is 6.68. The van der Waals surface area contributed by atoms with E-state index < -0.39 is 0 Å². The Kier molecular flexibility index (Phi) is 4.74. The van der Waals surface area contributed by atoms with Gasteiger partial charge in [0.2, 0.25) is 0 Å². The summed E-state index contributed by atoms with van der Waals surface area (Å²) in [5.74, 6) is 1.58. The van der Waals surface area contributed by atoms with Crippen molar-refractivity contribution in [1.29, 1.82) is 0 Å². The van der Waals surface area contributed by atoms with E-state index in [0.717, 1.165) is 34.4 Å². The van der Waals surface area contributed by atoms with Crippen LogP contribution in [0, 0.1) is 0 Å². The Bertz CT molecular complexity index is 440. The van der Waals surface area contributed by atoms with Crippen molar-refractivity contribution >= 4 is 15.9 Å². The highest BCUT2D eigenvalue weighted by Gasteiger charge is 2.32. The van der Waals surface area contributed by atoms with Crippen LogP contribution in [0.4, 0.5) is 0 Å². The molecule has 1 aliphatic rings. The minimum atomic E-state index is -0.281. The minimum Gasteiger partial charge on any atom is -0.495 e. The Morgan fingerprint density at radius 3 is 2.21 bits per heavy atom. The van der Waals surface area contributed by atoms with Gasteiger partial charge in [0.1, 0.15) is 16.0 Å². The molecule has 3 nitrogen and oxygen atoms in total. The van der Waals surface area contributed by atoms with Gasteiger partial charge in [-0.25, -0.2) is 0 Å². The third-order valence-corrected chi connectivity index (χ3v) is 4.77. The Hall–Kier alpha value is -0.740. The van der Waals surface area contributed by atoms with Crippen molar-refractivity contribution in [3.05, 3.63) is 22.2 Å². The van der Waals surface area contributed by atoms with Crippen LogP contribution in [0.25, 0.3) is 0 Å². The number of hydrogen-bond acceptors (Lipinski definition) is 3. The van der Waals surface area contributed by atoms with Crippen LogP contribution >= 0.6 is 15.9 Å². The summed E-state index contributed by atoms with van der Waals surface area (Å²) >= 11 is 3.56. The predicted octanol–water partition coefficient (Wildman–Crippen LogP) is 3.97. The van der Waals surface area contributed by atoms with Crippen LogP contribution in [0.3, 0.4) is 0 Å². The largest absolute Gasteiger partial charge is 0.495 e. The summed E-state index contributed by atoms with van der Waals surface area (Å²) in [5.41, 5.74) is 7.48. The molecule has 0 aromatic heterocycles. The summed E-state index contributed by atoms with van der Waals surface area (Å²) in [5, 5.41) is 0. The zero-order valence-electron chi connectivity index (χ0n) is 11.7. The topological polar surface area (TPSA) is 44.5 Å². The summed E-state index contributed by atoms with van der Waals surface area (Å²) in [6.07, 6.45) is 6.95. The second-order valence-corrected chi connectivity index (χ2v) is 6.03. The molecule has 106 valence electrons. The van der Waals surface area contributed by atoms with Crippen molar-refractivity contribution in [3.8, 4) is 11.5 Å². The first-order valence-corrected chi connectivity index (χ1v) is 7.61. The van der Waals surface area contributed by atoms with Crippen LogP contribution < -0.4 is 15.2 Å². The van der Waals surface area contributed by atoms with Gasteiger partial charge in [-0.15, -0.1) is 0 Å². The van der Waals surface area contributed by atoms with Crippen molar-refractivity contribution in [2.45, 2.75) is 44.1 Å². The monoisotopic (exact) mass is 327 g/mol. The SMILES string of the molecule is COc1ccc(C2(N)CCCCCC2)c(OC)c1Br. The molecule has 19 heavy (non-hydrogen) atoms. The van der Waals surface area contributed by atoms with E-state index in [0.29, 0.717) is 0 Å². The van der Waals surface area contributed by atoms with Gasteiger partial charge in [-0.2, -0.15) is 0 Å². The average Bonchev–Trinajstić information content (AvgIpc) is 2.64. The molecule has 0 amide bonds. The van der Waals surface area contributed by atoms with Gasteiger partial charge in [-0.05, 0) is 40.9 Å². The molecule has 0 heterocycles. The average molecular weight is 328 g/mol. The molecule has 0 bridgehead atoms. The molecule has 0 spiro atoms. The normalized spacial score (nSPS) is 18.7. The molecule has 1 aromatic rings. The van der Waals surface area contributed by atoms with Crippen molar-refractivity contribution in [2.24, 2.45) is 5.73 Å². The van der Waals surface area contributed by atoms with Gasteiger partial charge in [0, 0.05) is 11.1 Å². The third kappa shape index (κ3) is 2.90. The molecule has 0 aliphatic heterocycles. The molecular formula is C15H22BrNO2. The molecule has 0 unspecified atom stereocenters. The molecule has 0 radical (unpaired) electrons. The van der Waals surface area contributed by atoms with Gasteiger partial charge >= 0.3 is 0 Å². The minimum absolute atomic E-state index is 0.281. The lowest BCUT2D eigenvalue weighted by Crippen LogP contribution is -2.36. The number of ether oxygens (including phenoxy) is 2. The van der Waals surface area contributed by atoms with E-state index >= 15 is 0 Å². The number of benzene rings is 1. The van der Waals surface area contributed by atoms with Crippen LogP contribution in [0.5, 0.6) is 11.5 Å². The summed E-state index contributed by atoms with van der Waals surface area (Å²) < 4.78 is 11.7. The first-order chi connectivity index (χ1) is 9.12. The first kappa shape index (κ1) is 14.7. The van der Waals surface area contributed by atoms with Gasteiger partial charge in [-0.3, -0.25) is 0 Å². The maximum atomic E-state index is 6.68. The van der Waals surface area contributed by atoms with Crippen molar-refractivity contribution in [1.82, 2.24) is 0 Å². The fraction of sp³-hybridized carbons (Fsp3) is 0.600. The van der Waals surface area contributed by atoms with Gasteiger partial charge in [-0.1, -0.05) is 25.7 Å². The fourth-order valence-electron chi connectivity index (χ4n) is 2.92.